The zero-order valence-corrected chi connectivity index (χ0v) is 11.4. The fourth-order valence-electron chi connectivity index (χ4n) is 1.56. The van der Waals surface area contributed by atoms with Gasteiger partial charge in [0.1, 0.15) is 5.82 Å². The Bertz CT molecular complexity index is 592. The van der Waals surface area contributed by atoms with E-state index in [1.807, 2.05) is 6.92 Å². The van der Waals surface area contributed by atoms with Gasteiger partial charge in [0.15, 0.2) is 5.82 Å². The number of aromatic nitrogens is 3. The van der Waals surface area contributed by atoms with Crippen molar-refractivity contribution in [2.45, 2.75) is 20.3 Å². The highest BCUT2D eigenvalue weighted by Crippen LogP contribution is 2.24. The molecule has 0 aliphatic rings. The Morgan fingerprint density at radius 1 is 1.26 bits per heavy atom. The Morgan fingerprint density at radius 3 is 2.79 bits per heavy atom. The summed E-state index contributed by atoms with van der Waals surface area (Å²) in [5.74, 6) is -0.00633. The SMILES string of the molecule is CCCOc1nc(Cl)nc(-c2cccc(F)c2C)n1. The first-order valence-corrected chi connectivity index (χ1v) is 6.29. The molecule has 0 bridgehead atoms. The standard InChI is InChI=1S/C13H13ClFN3O/c1-3-7-19-13-17-11(16-12(14)18-13)9-5-4-6-10(15)8(9)2/h4-6H,3,7H2,1-2H3. The van der Waals surface area contributed by atoms with Crippen LogP contribution in [0.1, 0.15) is 18.9 Å². The third kappa shape index (κ3) is 3.17. The molecule has 1 aromatic carbocycles. The number of hydrogen-bond donors (Lipinski definition) is 0. The molecule has 1 aromatic heterocycles. The molecule has 2 rings (SSSR count). The molecule has 6 heteroatoms. The predicted octanol–water partition coefficient (Wildman–Crippen LogP) is 3.43. The average molecular weight is 282 g/mol. The molecule has 0 saturated carbocycles. The summed E-state index contributed by atoms with van der Waals surface area (Å²) in [6, 6.07) is 4.87. The normalized spacial score (nSPS) is 10.5. The van der Waals surface area contributed by atoms with Crippen molar-refractivity contribution in [2.24, 2.45) is 0 Å². The molecule has 4 nitrogen and oxygen atoms in total. The smallest absolute Gasteiger partial charge is 0.321 e. The largest absolute Gasteiger partial charge is 0.463 e. The number of halogens is 2. The first kappa shape index (κ1) is 13.7. The second-order valence-corrected chi connectivity index (χ2v) is 4.31. The van der Waals surface area contributed by atoms with Crippen molar-refractivity contribution in [3.63, 3.8) is 0 Å². The number of ether oxygens (including phenoxy) is 1. The van der Waals surface area contributed by atoms with Crippen LogP contribution in [0.5, 0.6) is 6.01 Å². The lowest BCUT2D eigenvalue weighted by molar-refractivity contribution is 0.291. The van der Waals surface area contributed by atoms with Crippen molar-refractivity contribution >= 4 is 11.6 Å². The summed E-state index contributed by atoms with van der Waals surface area (Å²) in [5, 5.41) is 0.0276. The van der Waals surface area contributed by atoms with Gasteiger partial charge in [-0.05, 0) is 36.6 Å². The van der Waals surface area contributed by atoms with Crippen LogP contribution in [0, 0.1) is 12.7 Å². The predicted molar refractivity (Wildman–Crippen MR) is 70.8 cm³/mol. The van der Waals surface area contributed by atoms with Crippen LogP contribution >= 0.6 is 11.6 Å². The lowest BCUT2D eigenvalue weighted by Gasteiger charge is -2.07. The van der Waals surface area contributed by atoms with E-state index in [1.54, 1.807) is 19.1 Å². The van der Waals surface area contributed by atoms with E-state index in [-0.39, 0.29) is 17.1 Å². The van der Waals surface area contributed by atoms with Crippen molar-refractivity contribution in [1.29, 1.82) is 0 Å². The molecule has 0 saturated heterocycles. The van der Waals surface area contributed by atoms with Gasteiger partial charge in [0.25, 0.3) is 0 Å². The van der Waals surface area contributed by atoms with Gasteiger partial charge in [0, 0.05) is 5.56 Å². The molecule has 2 aromatic rings. The van der Waals surface area contributed by atoms with Gasteiger partial charge in [0.05, 0.1) is 6.61 Å². The van der Waals surface area contributed by atoms with Crippen LogP contribution in [0.2, 0.25) is 5.28 Å². The van der Waals surface area contributed by atoms with E-state index in [0.717, 1.165) is 6.42 Å². The topological polar surface area (TPSA) is 47.9 Å². The Labute approximate surface area is 115 Å². The highest BCUT2D eigenvalue weighted by Gasteiger charge is 2.12. The highest BCUT2D eigenvalue weighted by atomic mass is 35.5. The molecular formula is C13H13ClFN3O. The van der Waals surface area contributed by atoms with Gasteiger partial charge in [-0.1, -0.05) is 19.1 Å². The minimum atomic E-state index is -0.315. The molecule has 19 heavy (non-hydrogen) atoms. The van der Waals surface area contributed by atoms with Gasteiger partial charge < -0.3 is 4.74 Å². The summed E-state index contributed by atoms with van der Waals surface area (Å²) in [6.07, 6.45) is 0.831. The number of benzene rings is 1. The lowest BCUT2D eigenvalue weighted by atomic mass is 10.1. The van der Waals surface area contributed by atoms with Gasteiger partial charge in [-0.15, -0.1) is 0 Å². The molecule has 0 fully saturated rings. The number of rotatable bonds is 4. The third-order valence-electron chi connectivity index (χ3n) is 2.53. The minimum absolute atomic E-state index is 0.0276. The summed E-state index contributed by atoms with van der Waals surface area (Å²) in [5.41, 5.74) is 1.04. The van der Waals surface area contributed by atoms with Gasteiger partial charge in [0.2, 0.25) is 5.28 Å². The highest BCUT2D eigenvalue weighted by molar-refractivity contribution is 6.28. The zero-order chi connectivity index (χ0) is 13.8. The van der Waals surface area contributed by atoms with Crippen molar-refractivity contribution in [3.8, 4) is 17.4 Å². The monoisotopic (exact) mass is 281 g/mol. The average Bonchev–Trinajstić information content (AvgIpc) is 2.39. The van der Waals surface area contributed by atoms with Crippen LogP contribution in [0.4, 0.5) is 4.39 Å². The first-order valence-electron chi connectivity index (χ1n) is 5.91. The number of hydrogen-bond acceptors (Lipinski definition) is 4. The Morgan fingerprint density at radius 2 is 2.05 bits per heavy atom. The molecule has 0 N–H and O–H groups in total. The first-order chi connectivity index (χ1) is 9.11. The van der Waals surface area contributed by atoms with Gasteiger partial charge in [-0.2, -0.15) is 15.0 Å². The summed E-state index contributed by atoms with van der Waals surface area (Å²) in [6.45, 7) is 4.12. The van der Waals surface area contributed by atoms with E-state index in [2.05, 4.69) is 15.0 Å². The van der Waals surface area contributed by atoms with E-state index in [0.29, 0.717) is 23.6 Å². The van der Waals surface area contributed by atoms with Crippen molar-refractivity contribution in [1.82, 2.24) is 15.0 Å². The quantitative estimate of drug-likeness (QED) is 0.861. The molecule has 0 radical (unpaired) electrons. The van der Waals surface area contributed by atoms with Crippen LogP contribution in [-0.2, 0) is 0 Å². The van der Waals surface area contributed by atoms with Crippen molar-refractivity contribution in [2.75, 3.05) is 6.61 Å². The zero-order valence-electron chi connectivity index (χ0n) is 10.7. The van der Waals surface area contributed by atoms with Crippen molar-refractivity contribution in [3.05, 3.63) is 34.9 Å². The van der Waals surface area contributed by atoms with Gasteiger partial charge >= 0.3 is 6.01 Å². The summed E-state index contributed by atoms with van der Waals surface area (Å²) in [7, 11) is 0. The second kappa shape index (κ2) is 5.93. The van der Waals surface area contributed by atoms with Crippen LogP contribution in [0.3, 0.4) is 0 Å². The summed E-state index contributed by atoms with van der Waals surface area (Å²) in [4.78, 5) is 12.0. The lowest BCUT2D eigenvalue weighted by Crippen LogP contribution is -2.03. The Hall–Kier alpha value is -1.75. The van der Waals surface area contributed by atoms with E-state index < -0.39 is 0 Å². The Kier molecular flexibility index (Phi) is 4.27. The summed E-state index contributed by atoms with van der Waals surface area (Å²) < 4.78 is 18.9. The molecule has 0 spiro atoms. The molecule has 0 atom stereocenters. The minimum Gasteiger partial charge on any atom is -0.463 e. The van der Waals surface area contributed by atoms with E-state index >= 15 is 0 Å². The summed E-state index contributed by atoms with van der Waals surface area (Å²) >= 11 is 5.83. The molecular weight excluding hydrogens is 269 g/mol. The molecule has 0 aliphatic heterocycles. The molecule has 0 aliphatic carbocycles. The maximum absolute atomic E-state index is 13.5. The van der Waals surface area contributed by atoms with Crippen LogP contribution in [0.25, 0.3) is 11.4 Å². The fraction of sp³-hybridized carbons (Fsp3) is 0.308. The van der Waals surface area contributed by atoms with Crippen LogP contribution in [-0.4, -0.2) is 21.6 Å². The second-order valence-electron chi connectivity index (χ2n) is 3.97. The maximum atomic E-state index is 13.5. The van der Waals surface area contributed by atoms with Gasteiger partial charge in [-0.25, -0.2) is 4.39 Å². The van der Waals surface area contributed by atoms with E-state index in [9.17, 15) is 4.39 Å². The Balaban J connectivity index is 2.44. The maximum Gasteiger partial charge on any atom is 0.321 e. The van der Waals surface area contributed by atoms with E-state index in [4.69, 9.17) is 16.3 Å². The van der Waals surface area contributed by atoms with Crippen molar-refractivity contribution < 1.29 is 9.13 Å². The molecule has 0 unspecified atom stereocenters. The van der Waals surface area contributed by atoms with Crippen LogP contribution < -0.4 is 4.74 Å². The molecule has 1 heterocycles. The molecule has 100 valence electrons. The van der Waals surface area contributed by atoms with Crippen LogP contribution in [0.15, 0.2) is 18.2 Å². The number of nitrogens with zero attached hydrogens (tertiary/aromatic N) is 3. The van der Waals surface area contributed by atoms with Gasteiger partial charge in [-0.3, -0.25) is 0 Å². The fourth-order valence-corrected chi connectivity index (χ4v) is 1.71. The third-order valence-corrected chi connectivity index (χ3v) is 2.70. The van der Waals surface area contributed by atoms with E-state index in [1.165, 1.54) is 6.07 Å². The molecule has 0 amide bonds.